The molecule has 106 valence electrons. The van der Waals surface area contributed by atoms with E-state index in [2.05, 4.69) is 5.32 Å². The van der Waals surface area contributed by atoms with Crippen molar-refractivity contribution in [2.24, 2.45) is 5.73 Å². The summed E-state index contributed by atoms with van der Waals surface area (Å²) >= 11 is 0. The van der Waals surface area contributed by atoms with Gasteiger partial charge in [-0.25, -0.2) is 8.78 Å². The molecule has 1 aromatic rings. The van der Waals surface area contributed by atoms with Crippen LogP contribution in [0.3, 0.4) is 0 Å². The Balaban J connectivity index is 3.05. The van der Waals surface area contributed by atoms with Gasteiger partial charge in [-0.3, -0.25) is 10.1 Å². The van der Waals surface area contributed by atoms with Crippen molar-refractivity contribution in [2.45, 2.75) is 12.5 Å². The van der Waals surface area contributed by atoms with E-state index in [-0.39, 0.29) is 5.56 Å². The maximum absolute atomic E-state index is 13.8. The third-order valence-electron chi connectivity index (χ3n) is 3.02. The summed E-state index contributed by atoms with van der Waals surface area (Å²) in [4.78, 5) is 13.5. The standard InChI is InChI=1S/C13H19F2N3O/c1-13(12(16)19,17-7-8-18(2)3)9-5-4-6-10(14)11(9)15/h4-6,17H,7-8H2,1-3H3,(H2,16,19). The first-order valence-corrected chi connectivity index (χ1v) is 5.93. The van der Waals surface area contributed by atoms with Gasteiger partial charge in [0.1, 0.15) is 5.54 Å². The summed E-state index contributed by atoms with van der Waals surface area (Å²) in [5.41, 5.74) is 3.81. The molecule has 1 atom stereocenters. The van der Waals surface area contributed by atoms with Gasteiger partial charge in [0.15, 0.2) is 11.6 Å². The molecule has 4 nitrogen and oxygen atoms in total. The van der Waals surface area contributed by atoms with Crippen LogP contribution in [0.2, 0.25) is 0 Å². The topological polar surface area (TPSA) is 58.4 Å². The maximum Gasteiger partial charge on any atom is 0.242 e. The third-order valence-corrected chi connectivity index (χ3v) is 3.02. The number of amides is 1. The molecule has 6 heteroatoms. The Labute approximate surface area is 111 Å². The molecule has 0 fully saturated rings. The number of carbonyl (C=O) groups is 1. The molecule has 0 bridgehead atoms. The number of likely N-dealkylation sites (N-methyl/N-ethyl adjacent to an activating group) is 1. The van der Waals surface area contributed by atoms with Crippen LogP contribution in [0, 0.1) is 11.6 Å². The highest BCUT2D eigenvalue weighted by Gasteiger charge is 2.35. The molecule has 0 aliphatic heterocycles. The second kappa shape index (κ2) is 6.08. The summed E-state index contributed by atoms with van der Waals surface area (Å²) < 4.78 is 27.1. The van der Waals surface area contributed by atoms with Crippen LogP contribution in [0.5, 0.6) is 0 Å². The molecule has 1 amide bonds. The zero-order valence-corrected chi connectivity index (χ0v) is 11.3. The highest BCUT2D eigenvalue weighted by Crippen LogP contribution is 2.24. The quantitative estimate of drug-likeness (QED) is 0.805. The van der Waals surface area contributed by atoms with Crippen LogP contribution in [0.15, 0.2) is 18.2 Å². The van der Waals surface area contributed by atoms with Crippen LogP contribution in [0.4, 0.5) is 8.78 Å². The molecule has 3 N–H and O–H groups in total. The van der Waals surface area contributed by atoms with Gasteiger partial charge in [-0.2, -0.15) is 0 Å². The fourth-order valence-electron chi connectivity index (χ4n) is 1.73. The second-order valence-electron chi connectivity index (χ2n) is 4.82. The van der Waals surface area contributed by atoms with Crippen LogP contribution in [0.1, 0.15) is 12.5 Å². The Bertz CT molecular complexity index is 465. The average molecular weight is 271 g/mol. The van der Waals surface area contributed by atoms with Crippen molar-refractivity contribution in [3.63, 3.8) is 0 Å². The zero-order chi connectivity index (χ0) is 14.6. The van der Waals surface area contributed by atoms with E-state index in [0.717, 1.165) is 6.07 Å². The van der Waals surface area contributed by atoms with Gasteiger partial charge in [-0.1, -0.05) is 12.1 Å². The van der Waals surface area contributed by atoms with Gasteiger partial charge in [0.05, 0.1) is 0 Å². The van der Waals surface area contributed by atoms with Crippen LogP contribution >= 0.6 is 0 Å². The summed E-state index contributed by atoms with van der Waals surface area (Å²) in [5, 5.41) is 2.89. The van der Waals surface area contributed by atoms with E-state index in [4.69, 9.17) is 5.73 Å². The highest BCUT2D eigenvalue weighted by molar-refractivity contribution is 5.85. The number of nitrogens with one attached hydrogen (secondary N) is 1. The predicted octanol–water partition coefficient (Wildman–Crippen LogP) is 0.817. The van der Waals surface area contributed by atoms with E-state index in [1.807, 2.05) is 19.0 Å². The monoisotopic (exact) mass is 271 g/mol. The minimum atomic E-state index is -1.44. The maximum atomic E-state index is 13.8. The van der Waals surface area contributed by atoms with Gasteiger partial charge in [0.25, 0.3) is 0 Å². The molecule has 0 spiro atoms. The Morgan fingerprint density at radius 2 is 2.05 bits per heavy atom. The van der Waals surface area contributed by atoms with E-state index >= 15 is 0 Å². The summed E-state index contributed by atoms with van der Waals surface area (Å²) in [6, 6.07) is 3.70. The predicted molar refractivity (Wildman–Crippen MR) is 69.5 cm³/mol. The largest absolute Gasteiger partial charge is 0.368 e. The Morgan fingerprint density at radius 1 is 1.42 bits per heavy atom. The SMILES string of the molecule is CN(C)CCNC(C)(C(N)=O)c1cccc(F)c1F. The molecule has 0 aliphatic carbocycles. The van der Waals surface area contributed by atoms with Crippen LogP contribution in [-0.2, 0) is 10.3 Å². The summed E-state index contributed by atoms with van der Waals surface area (Å²) in [6.07, 6.45) is 0. The molecular weight excluding hydrogens is 252 g/mol. The van der Waals surface area contributed by atoms with E-state index in [1.54, 1.807) is 0 Å². The van der Waals surface area contributed by atoms with E-state index < -0.39 is 23.1 Å². The van der Waals surface area contributed by atoms with Crippen molar-refractivity contribution in [2.75, 3.05) is 27.2 Å². The van der Waals surface area contributed by atoms with Gasteiger partial charge in [-0.05, 0) is 27.1 Å². The number of rotatable bonds is 6. The van der Waals surface area contributed by atoms with Gasteiger partial charge < -0.3 is 10.6 Å². The molecule has 0 heterocycles. The Hall–Kier alpha value is -1.53. The average Bonchev–Trinajstić information content (AvgIpc) is 2.31. The lowest BCUT2D eigenvalue weighted by Gasteiger charge is -2.29. The number of benzene rings is 1. The van der Waals surface area contributed by atoms with E-state index in [1.165, 1.54) is 19.1 Å². The number of hydrogen-bond donors (Lipinski definition) is 2. The normalized spacial score (nSPS) is 14.4. The fraction of sp³-hybridized carbons (Fsp3) is 0.462. The van der Waals surface area contributed by atoms with Crippen molar-refractivity contribution in [3.05, 3.63) is 35.4 Å². The first-order valence-electron chi connectivity index (χ1n) is 5.93. The van der Waals surface area contributed by atoms with Crippen molar-refractivity contribution < 1.29 is 13.6 Å². The molecule has 0 radical (unpaired) electrons. The zero-order valence-electron chi connectivity index (χ0n) is 11.3. The number of nitrogens with zero attached hydrogens (tertiary/aromatic N) is 1. The molecule has 1 aromatic carbocycles. The number of carbonyl (C=O) groups excluding carboxylic acids is 1. The molecular formula is C13H19F2N3O. The Morgan fingerprint density at radius 3 is 2.58 bits per heavy atom. The van der Waals surface area contributed by atoms with Gasteiger partial charge >= 0.3 is 0 Å². The number of halogens is 2. The summed E-state index contributed by atoms with van der Waals surface area (Å²) in [5.74, 6) is -2.81. The fourth-order valence-corrected chi connectivity index (χ4v) is 1.73. The number of hydrogen-bond acceptors (Lipinski definition) is 3. The molecule has 19 heavy (non-hydrogen) atoms. The minimum Gasteiger partial charge on any atom is -0.368 e. The van der Waals surface area contributed by atoms with Crippen molar-refractivity contribution in [3.8, 4) is 0 Å². The van der Waals surface area contributed by atoms with E-state index in [9.17, 15) is 13.6 Å². The summed E-state index contributed by atoms with van der Waals surface area (Å²) in [6.45, 7) is 2.51. The lowest BCUT2D eigenvalue weighted by Crippen LogP contribution is -2.52. The molecule has 1 rings (SSSR count). The minimum absolute atomic E-state index is 0.0845. The smallest absolute Gasteiger partial charge is 0.242 e. The van der Waals surface area contributed by atoms with Crippen molar-refractivity contribution in [1.29, 1.82) is 0 Å². The van der Waals surface area contributed by atoms with Crippen LogP contribution in [-0.4, -0.2) is 38.0 Å². The first-order chi connectivity index (χ1) is 8.79. The molecule has 0 saturated carbocycles. The third kappa shape index (κ3) is 3.48. The summed E-state index contributed by atoms with van der Waals surface area (Å²) in [7, 11) is 3.73. The lowest BCUT2D eigenvalue weighted by atomic mass is 9.90. The van der Waals surface area contributed by atoms with Gasteiger partial charge in [-0.15, -0.1) is 0 Å². The number of primary amides is 1. The van der Waals surface area contributed by atoms with Crippen LogP contribution in [0.25, 0.3) is 0 Å². The lowest BCUT2D eigenvalue weighted by molar-refractivity contribution is -0.124. The molecule has 1 unspecified atom stereocenters. The van der Waals surface area contributed by atoms with Gasteiger partial charge in [0, 0.05) is 18.7 Å². The van der Waals surface area contributed by atoms with E-state index in [0.29, 0.717) is 13.1 Å². The first kappa shape index (κ1) is 15.5. The molecule has 0 aromatic heterocycles. The molecule has 0 saturated heterocycles. The van der Waals surface area contributed by atoms with Gasteiger partial charge in [0.2, 0.25) is 5.91 Å². The Kier molecular flexibility index (Phi) is 4.97. The van der Waals surface area contributed by atoms with Crippen LogP contribution < -0.4 is 11.1 Å². The molecule has 0 aliphatic rings. The second-order valence-corrected chi connectivity index (χ2v) is 4.82. The van der Waals surface area contributed by atoms with Crippen molar-refractivity contribution >= 4 is 5.91 Å². The number of nitrogens with two attached hydrogens (primary N) is 1. The highest BCUT2D eigenvalue weighted by atomic mass is 19.2. The van der Waals surface area contributed by atoms with Crippen molar-refractivity contribution in [1.82, 2.24) is 10.2 Å².